The molecule has 10 aromatic rings. The third-order valence-corrected chi connectivity index (χ3v) is 12.0. The first-order valence-corrected chi connectivity index (χ1v) is 20.4. The first kappa shape index (κ1) is 38.6. The molecule has 1 aliphatic heterocycles. The van der Waals surface area contributed by atoms with E-state index in [1.165, 1.54) is 32.9 Å². The van der Waals surface area contributed by atoms with Crippen LogP contribution in [0, 0.1) is 18.3 Å². The molecule has 0 amide bonds. The third-order valence-electron chi connectivity index (χ3n) is 12.0. The summed E-state index contributed by atoms with van der Waals surface area (Å²) in [4.78, 5) is 9.39. The summed E-state index contributed by atoms with van der Waals surface area (Å²) in [5, 5.41) is 4.65. The van der Waals surface area contributed by atoms with Crippen molar-refractivity contribution in [2.45, 2.75) is 33.1 Å². The minimum atomic E-state index is -0.0550. The van der Waals surface area contributed by atoms with E-state index in [1.54, 1.807) is 0 Å². The molecule has 0 aliphatic carbocycles. The second kappa shape index (κ2) is 14.8. The molecule has 0 bridgehead atoms. The van der Waals surface area contributed by atoms with Crippen molar-refractivity contribution in [1.82, 2.24) is 14.1 Å². The number of rotatable bonds is 6. The van der Waals surface area contributed by atoms with E-state index >= 15 is 0 Å². The van der Waals surface area contributed by atoms with Crippen LogP contribution in [0.25, 0.3) is 66.2 Å². The molecule has 0 spiro atoms. The first-order chi connectivity index (χ1) is 29.2. The van der Waals surface area contributed by atoms with Crippen molar-refractivity contribution in [2.24, 2.45) is 0 Å². The summed E-state index contributed by atoms with van der Waals surface area (Å²) in [6, 6.07) is 63.0. The maximum Gasteiger partial charge on any atom is 0.135 e. The van der Waals surface area contributed by atoms with Crippen LogP contribution in [-0.2, 0) is 26.5 Å². The van der Waals surface area contributed by atoms with Crippen molar-refractivity contribution in [3.05, 3.63) is 188 Å². The van der Waals surface area contributed by atoms with E-state index in [-0.39, 0.29) is 26.5 Å². The normalized spacial score (nSPS) is 13.1. The minimum Gasteiger partial charge on any atom is -0.509 e. The van der Waals surface area contributed by atoms with E-state index < -0.39 is 0 Å². The average Bonchev–Trinajstić information content (AvgIpc) is 3.87. The maximum absolute atomic E-state index is 6.63. The molecule has 0 saturated carbocycles. The van der Waals surface area contributed by atoms with Crippen LogP contribution in [0.4, 0.5) is 17.1 Å². The largest absolute Gasteiger partial charge is 0.509 e. The molecule has 6 nitrogen and oxygen atoms in total. The summed E-state index contributed by atoms with van der Waals surface area (Å²) in [6.07, 6.45) is 3.02. The fourth-order valence-electron chi connectivity index (χ4n) is 9.00. The summed E-state index contributed by atoms with van der Waals surface area (Å²) in [7, 11) is 2.09. The Kier molecular flexibility index (Phi) is 9.38. The van der Waals surface area contributed by atoms with Gasteiger partial charge in [0.25, 0.3) is 0 Å². The molecular weight excluding hydrogens is 930 g/mol. The zero-order chi connectivity index (χ0) is 40.7. The first-order valence-electron chi connectivity index (χ1n) is 20.4. The smallest absolute Gasteiger partial charge is 0.135 e. The van der Waals surface area contributed by atoms with Gasteiger partial charge in [0.15, 0.2) is 0 Å². The van der Waals surface area contributed by atoms with Gasteiger partial charge in [-0.3, -0.25) is 0 Å². The standard InChI is InChI=1S/C54H42N5O.Pt/c1-35-56(5)48-22-11-12-23-49(48)57(35)39-17-13-18-40(33-39)60-41-26-27-43-45-31-36(25-28-47(45)59(51(43)34-41)52-32-37(29-30-55-52)54(2,3)4)42-20-14-24-50-53(42)44-19-9-10-21-46(44)58(50)38-15-7-6-8-16-38;/h6-32H,1-5H3;/q-3;. The monoisotopic (exact) mass is 971 g/mol. The maximum atomic E-state index is 6.63. The van der Waals surface area contributed by atoms with Gasteiger partial charge < -0.3 is 23.7 Å². The van der Waals surface area contributed by atoms with Gasteiger partial charge in [0, 0.05) is 72.1 Å². The third kappa shape index (κ3) is 6.31. The number of hydrogen-bond acceptors (Lipinski definition) is 4. The predicted octanol–water partition coefficient (Wildman–Crippen LogP) is 13.7. The van der Waals surface area contributed by atoms with Crippen LogP contribution in [0.1, 0.15) is 33.3 Å². The molecule has 0 N–H and O–H groups in total. The molecule has 7 aromatic carbocycles. The Morgan fingerprint density at radius 2 is 1.33 bits per heavy atom. The molecule has 0 fully saturated rings. The molecule has 7 heteroatoms. The number of anilines is 3. The van der Waals surface area contributed by atoms with Crippen molar-refractivity contribution in [3.63, 3.8) is 0 Å². The summed E-state index contributed by atoms with van der Waals surface area (Å²) in [5.41, 5.74) is 12.1. The SMILES string of the molecule is C[C-]1N(C)c2ccccc2N1c1[c-]c(Oc2[c-]c3c(cc2)c2cc(-c4cccc5c4c4ccccc4n5-c4ccccc4)ccc2n3-c2cc(C(C)(C)C)ccn2)ccc1.[Pt]. The average molecular weight is 972 g/mol. The van der Waals surface area contributed by atoms with E-state index in [0.29, 0.717) is 11.5 Å². The molecule has 61 heavy (non-hydrogen) atoms. The number of ether oxygens (including phenoxy) is 1. The Labute approximate surface area is 370 Å². The summed E-state index contributed by atoms with van der Waals surface area (Å²) in [6.45, 7) is 8.83. The second-order valence-electron chi connectivity index (χ2n) is 16.6. The van der Waals surface area contributed by atoms with Gasteiger partial charge in [0.1, 0.15) is 5.82 Å². The number of aromatic nitrogens is 3. The van der Waals surface area contributed by atoms with Crippen LogP contribution in [0.3, 0.4) is 0 Å². The topological polar surface area (TPSA) is 38.5 Å². The van der Waals surface area contributed by atoms with Gasteiger partial charge in [-0.1, -0.05) is 99.1 Å². The van der Waals surface area contributed by atoms with Gasteiger partial charge in [0.2, 0.25) is 0 Å². The molecule has 4 heterocycles. The molecule has 1 aliphatic rings. The Morgan fingerprint density at radius 3 is 2.16 bits per heavy atom. The number of fused-ring (bicyclic) bond motifs is 7. The van der Waals surface area contributed by atoms with Gasteiger partial charge in [-0.2, -0.15) is 19.1 Å². The fourth-order valence-corrected chi connectivity index (χ4v) is 9.00. The second-order valence-corrected chi connectivity index (χ2v) is 16.6. The van der Waals surface area contributed by atoms with E-state index in [4.69, 9.17) is 9.72 Å². The van der Waals surface area contributed by atoms with E-state index in [1.807, 2.05) is 24.4 Å². The van der Waals surface area contributed by atoms with Crippen LogP contribution in [0.5, 0.6) is 11.5 Å². The van der Waals surface area contributed by atoms with E-state index in [2.05, 4.69) is 205 Å². The number of para-hydroxylation sites is 4. The van der Waals surface area contributed by atoms with Crippen molar-refractivity contribution >= 4 is 60.7 Å². The van der Waals surface area contributed by atoms with Crippen LogP contribution in [0.15, 0.2) is 164 Å². The van der Waals surface area contributed by atoms with Crippen LogP contribution in [0.2, 0.25) is 0 Å². The number of hydrogen-bond donors (Lipinski definition) is 0. The Morgan fingerprint density at radius 1 is 0.607 bits per heavy atom. The van der Waals surface area contributed by atoms with Gasteiger partial charge >= 0.3 is 0 Å². The minimum absolute atomic E-state index is 0. The molecule has 11 rings (SSSR count). The molecule has 0 atom stereocenters. The number of nitrogens with zero attached hydrogens (tertiary/aromatic N) is 5. The van der Waals surface area contributed by atoms with Crippen LogP contribution in [-0.4, -0.2) is 21.2 Å². The molecule has 3 aromatic heterocycles. The Balaban J connectivity index is 0.00000445. The van der Waals surface area contributed by atoms with E-state index in [9.17, 15) is 0 Å². The van der Waals surface area contributed by atoms with Crippen molar-refractivity contribution in [3.8, 4) is 34.1 Å². The Bertz CT molecular complexity index is 3290. The Hall–Kier alpha value is -6.62. The van der Waals surface area contributed by atoms with Gasteiger partial charge in [-0.05, 0) is 89.1 Å². The summed E-state index contributed by atoms with van der Waals surface area (Å²) < 4.78 is 11.2. The fraction of sp³-hybridized carbons (Fsp3) is 0.111. The summed E-state index contributed by atoms with van der Waals surface area (Å²) in [5.74, 6) is 2.06. The predicted molar refractivity (Wildman–Crippen MR) is 247 cm³/mol. The molecule has 0 saturated heterocycles. The molecule has 302 valence electrons. The van der Waals surface area contributed by atoms with Gasteiger partial charge in [-0.15, -0.1) is 47.6 Å². The van der Waals surface area contributed by atoms with E-state index in [0.717, 1.165) is 62.1 Å². The van der Waals surface area contributed by atoms with Crippen molar-refractivity contribution in [2.75, 3.05) is 16.8 Å². The van der Waals surface area contributed by atoms with Gasteiger partial charge in [-0.25, -0.2) is 4.98 Å². The van der Waals surface area contributed by atoms with Crippen molar-refractivity contribution in [1.29, 1.82) is 0 Å². The number of pyridine rings is 1. The van der Waals surface area contributed by atoms with Gasteiger partial charge in [0.05, 0.1) is 11.0 Å². The van der Waals surface area contributed by atoms with Crippen LogP contribution < -0.4 is 14.5 Å². The molecular formula is C54H42N5OPt-3. The number of benzene rings is 7. The summed E-state index contributed by atoms with van der Waals surface area (Å²) >= 11 is 0. The van der Waals surface area contributed by atoms with Crippen LogP contribution >= 0.6 is 0 Å². The molecule has 0 radical (unpaired) electrons. The zero-order valence-corrected chi connectivity index (χ0v) is 36.8. The molecule has 0 unspecified atom stereocenters. The quantitative estimate of drug-likeness (QED) is 0.156. The zero-order valence-electron chi connectivity index (χ0n) is 34.5. The van der Waals surface area contributed by atoms with Crippen molar-refractivity contribution < 1.29 is 25.8 Å².